The summed E-state index contributed by atoms with van der Waals surface area (Å²) in [5.74, 6) is -0.574. The Bertz CT molecular complexity index is 496. The number of nitrogens with zero attached hydrogens (tertiary/aromatic N) is 2. The van der Waals surface area contributed by atoms with Crippen LogP contribution in [-0.4, -0.2) is 46.7 Å². The van der Waals surface area contributed by atoms with Gasteiger partial charge in [-0.15, -0.1) is 0 Å². The number of carbonyl (C=O) groups is 3. The van der Waals surface area contributed by atoms with Crippen molar-refractivity contribution in [1.29, 1.82) is 0 Å². The van der Waals surface area contributed by atoms with Gasteiger partial charge in [-0.25, -0.2) is 0 Å². The lowest BCUT2D eigenvalue weighted by molar-refractivity contribution is -0.154. The maximum Gasteiger partial charge on any atom is 0.245 e. The summed E-state index contributed by atoms with van der Waals surface area (Å²) in [7, 11) is 0. The van der Waals surface area contributed by atoms with Gasteiger partial charge in [0.05, 0.1) is 11.8 Å². The summed E-state index contributed by atoms with van der Waals surface area (Å²) >= 11 is 0. The van der Waals surface area contributed by atoms with Gasteiger partial charge < -0.3 is 4.90 Å². The van der Waals surface area contributed by atoms with Crippen LogP contribution >= 0.6 is 0 Å². The lowest BCUT2D eigenvalue weighted by Crippen LogP contribution is -2.55. The maximum absolute atomic E-state index is 12.7. The Hall–Kier alpha value is -1.65. The van der Waals surface area contributed by atoms with Crippen LogP contribution in [0.5, 0.6) is 0 Å². The molecule has 3 aliphatic rings. The summed E-state index contributed by atoms with van der Waals surface area (Å²) < 4.78 is 0. The second kappa shape index (κ2) is 5.86. The molecule has 2 saturated heterocycles. The molecule has 3 atom stereocenters. The van der Waals surface area contributed by atoms with E-state index in [2.05, 4.69) is 0 Å². The highest BCUT2D eigenvalue weighted by Gasteiger charge is 2.51. The highest BCUT2D eigenvalue weighted by Crippen LogP contribution is 2.37. The number of likely N-dealkylation sites (tertiary alicyclic amines) is 2. The topological polar surface area (TPSA) is 57.7 Å². The lowest BCUT2D eigenvalue weighted by atomic mass is 9.85. The molecule has 3 amide bonds. The maximum atomic E-state index is 12.7. The molecule has 3 rings (SSSR count). The van der Waals surface area contributed by atoms with E-state index in [1.807, 2.05) is 26.0 Å². The summed E-state index contributed by atoms with van der Waals surface area (Å²) in [6, 6.07) is -0.606. The molecule has 0 radical (unpaired) electrons. The Morgan fingerprint density at radius 2 is 1.68 bits per heavy atom. The van der Waals surface area contributed by atoms with Crippen molar-refractivity contribution >= 4 is 17.7 Å². The highest BCUT2D eigenvalue weighted by molar-refractivity contribution is 6.08. The summed E-state index contributed by atoms with van der Waals surface area (Å²) in [5, 5.41) is 0. The SMILES string of the molecule is CC(C)CC(C(=O)N1CCC1)N1C(=O)C2CC=CCC2C1=O. The van der Waals surface area contributed by atoms with Crippen LogP contribution in [0.1, 0.15) is 39.5 Å². The minimum absolute atomic E-state index is 0.0479. The average molecular weight is 304 g/mol. The minimum Gasteiger partial charge on any atom is -0.341 e. The summed E-state index contributed by atoms with van der Waals surface area (Å²) in [6.07, 6.45) is 6.77. The molecule has 0 spiro atoms. The average Bonchev–Trinajstić information content (AvgIpc) is 2.67. The summed E-state index contributed by atoms with van der Waals surface area (Å²) in [5.41, 5.74) is 0. The van der Waals surface area contributed by atoms with Gasteiger partial charge in [0, 0.05) is 13.1 Å². The number of hydrogen-bond acceptors (Lipinski definition) is 3. The van der Waals surface area contributed by atoms with Crippen molar-refractivity contribution in [2.75, 3.05) is 13.1 Å². The van der Waals surface area contributed by atoms with Crippen molar-refractivity contribution in [2.45, 2.75) is 45.6 Å². The van der Waals surface area contributed by atoms with Gasteiger partial charge in [-0.3, -0.25) is 19.3 Å². The van der Waals surface area contributed by atoms with E-state index in [0.717, 1.165) is 19.5 Å². The molecule has 5 nitrogen and oxygen atoms in total. The standard InChI is InChI=1S/C17H24N2O3/c1-11(2)10-14(17(22)18-8-5-9-18)19-15(20)12-6-3-4-7-13(12)16(19)21/h3-4,11-14H,5-10H2,1-2H3. The van der Waals surface area contributed by atoms with E-state index < -0.39 is 6.04 Å². The Morgan fingerprint density at radius 1 is 1.14 bits per heavy atom. The summed E-state index contributed by atoms with van der Waals surface area (Å²) in [4.78, 5) is 41.2. The molecule has 0 saturated carbocycles. The van der Waals surface area contributed by atoms with E-state index >= 15 is 0 Å². The van der Waals surface area contributed by atoms with Gasteiger partial charge in [-0.2, -0.15) is 0 Å². The second-order valence-corrected chi connectivity index (χ2v) is 7.03. The lowest BCUT2D eigenvalue weighted by Gasteiger charge is -2.37. The van der Waals surface area contributed by atoms with Gasteiger partial charge in [0.15, 0.2) is 0 Å². The van der Waals surface area contributed by atoms with Gasteiger partial charge in [0.2, 0.25) is 17.7 Å². The van der Waals surface area contributed by atoms with E-state index in [4.69, 9.17) is 0 Å². The smallest absolute Gasteiger partial charge is 0.245 e. The number of carbonyl (C=O) groups excluding carboxylic acids is 3. The third-order valence-corrected chi connectivity index (χ3v) is 5.00. The number of allylic oxidation sites excluding steroid dienone is 2. The van der Waals surface area contributed by atoms with Crippen LogP contribution in [0, 0.1) is 17.8 Å². The van der Waals surface area contributed by atoms with Crippen LogP contribution < -0.4 is 0 Å². The molecule has 0 bridgehead atoms. The largest absolute Gasteiger partial charge is 0.341 e. The number of rotatable bonds is 4. The first kappa shape index (κ1) is 15.3. The van der Waals surface area contributed by atoms with Gasteiger partial charge >= 0.3 is 0 Å². The number of fused-ring (bicyclic) bond motifs is 1. The van der Waals surface area contributed by atoms with Crippen molar-refractivity contribution in [3.63, 3.8) is 0 Å². The predicted octanol–water partition coefficient (Wildman–Crippen LogP) is 1.58. The van der Waals surface area contributed by atoms with Crippen LogP contribution in [-0.2, 0) is 14.4 Å². The molecule has 1 aliphatic carbocycles. The number of imide groups is 1. The first-order valence-corrected chi connectivity index (χ1v) is 8.31. The zero-order valence-electron chi connectivity index (χ0n) is 13.3. The zero-order valence-corrected chi connectivity index (χ0v) is 13.3. The monoisotopic (exact) mass is 304 g/mol. The van der Waals surface area contributed by atoms with E-state index in [1.54, 1.807) is 4.90 Å². The van der Waals surface area contributed by atoms with Crippen LogP contribution in [0.25, 0.3) is 0 Å². The molecule has 5 heteroatoms. The predicted molar refractivity (Wildman–Crippen MR) is 81.6 cm³/mol. The molecule has 3 unspecified atom stereocenters. The highest BCUT2D eigenvalue weighted by atomic mass is 16.2. The third kappa shape index (κ3) is 2.46. The molecule has 120 valence electrons. The van der Waals surface area contributed by atoms with Crippen LogP contribution in [0.15, 0.2) is 12.2 Å². The van der Waals surface area contributed by atoms with Crippen LogP contribution in [0.4, 0.5) is 0 Å². The Morgan fingerprint density at radius 3 is 2.09 bits per heavy atom. The Balaban J connectivity index is 1.85. The van der Waals surface area contributed by atoms with Crippen LogP contribution in [0.2, 0.25) is 0 Å². The first-order chi connectivity index (χ1) is 10.5. The molecule has 0 N–H and O–H groups in total. The van der Waals surface area contributed by atoms with E-state index in [1.165, 1.54) is 4.90 Å². The fraction of sp³-hybridized carbons (Fsp3) is 0.706. The molecule has 0 aromatic carbocycles. The van der Waals surface area contributed by atoms with Crippen molar-refractivity contribution in [1.82, 2.24) is 9.80 Å². The van der Waals surface area contributed by atoms with Gasteiger partial charge in [0.25, 0.3) is 0 Å². The quantitative estimate of drug-likeness (QED) is 0.585. The zero-order chi connectivity index (χ0) is 15.9. The molecule has 22 heavy (non-hydrogen) atoms. The van der Waals surface area contributed by atoms with Gasteiger partial charge in [-0.1, -0.05) is 26.0 Å². The van der Waals surface area contributed by atoms with Crippen molar-refractivity contribution in [2.24, 2.45) is 17.8 Å². The molecular weight excluding hydrogens is 280 g/mol. The van der Waals surface area contributed by atoms with Gasteiger partial charge in [-0.05, 0) is 31.6 Å². The van der Waals surface area contributed by atoms with E-state index in [-0.39, 0.29) is 35.5 Å². The van der Waals surface area contributed by atoms with Crippen LogP contribution in [0.3, 0.4) is 0 Å². The normalized spacial score (nSPS) is 28.9. The Labute approximate surface area is 131 Å². The second-order valence-electron chi connectivity index (χ2n) is 7.03. The fourth-order valence-electron chi connectivity index (χ4n) is 3.64. The van der Waals surface area contributed by atoms with E-state index in [9.17, 15) is 14.4 Å². The molecule has 0 aromatic rings. The molecule has 0 aromatic heterocycles. The van der Waals surface area contributed by atoms with Crippen molar-refractivity contribution < 1.29 is 14.4 Å². The Kier molecular flexibility index (Phi) is 4.06. The van der Waals surface area contributed by atoms with Crippen molar-refractivity contribution in [3.8, 4) is 0 Å². The molecular formula is C17H24N2O3. The minimum atomic E-state index is -0.606. The molecule has 2 aliphatic heterocycles. The molecule has 2 heterocycles. The van der Waals surface area contributed by atoms with Crippen molar-refractivity contribution in [3.05, 3.63) is 12.2 Å². The van der Waals surface area contributed by atoms with E-state index in [0.29, 0.717) is 19.3 Å². The first-order valence-electron chi connectivity index (χ1n) is 8.31. The molecule has 2 fully saturated rings. The number of amides is 3. The third-order valence-electron chi connectivity index (χ3n) is 5.00. The van der Waals surface area contributed by atoms with Gasteiger partial charge in [0.1, 0.15) is 6.04 Å². The fourth-order valence-corrected chi connectivity index (χ4v) is 3.64. The number of hydrogen-bond donors (Lipinski definition) is 0. The summed E-state index contributed by atoms with van der Waals surface area (Å²) in [6.45, 7) is 5.54.